The molecule has 2 nitrogen and oxygen atoms in total. The molecule has 0 aromatic heterocycles. The standard InChI is InChI=1S/C11H24N2/c1-12-8-3-5-11-6-4-9-13(2)10-7-11/h11-12H,3-10H2,1-2H3. The van der Waals surface area contributed by atoms with E-state index in [0.29, 0.717) is 0 Å². The van der Waals surface area contributed by atoms with Gasteiger partial charge < -0.3 is 10.2 Å². The topological polar surface area (TPSA) is 15.3 Å². The quantitative estimate of drug-likeness (QED) is 0.669. The van der Waals surface area contributed by atoms with E-state index in [2.05, 4.69) is 17.3 Å². The van der Waals surface area contributed by atoms with E-state index in [1.165, 1.54) is 51.7 Å². The van der Waals surface area contributed by atoms with Gasteiger partial charge in [0, 0.05) is 0 Å². The first kappa shape index (κ1) is 11.0. The summed E-state index contributed by atoms with van der Waals surface area (Å²) >= 11 is 0. The van der Waals surface area contributed by atoms with Gasteiger partial charge in [-0.3, -0.25) is 0 Å². The highest BCUT2D eigenvalue weighted by atomic mass is 15.1. The van der Waals surface area contributed by atoms with Gasteiger partial charge in [-0.05, 0) is 71.8 Å². The zero-order valence-electron chi connectivity index (χ0n) is 9.18. The summed E-state index contributed by atoms with van der Waals surface area (Å²) in [6.07, 6.45) is 7.05. The van der Waals surface area contributed by atoms with Crippen LogP contribution in [-0.2, 0) is 0 Å². The lowest BCUT2D eigenvalue weighted by molar-refractivity contribution is 0.337. The summed E-state index contributed by atoms with van der Waals surface area (Å²) in [5.41, 5.74) is 0. The SMILES string of the molecule is CNCCCC1CCCN(C)CC1. The van der Waals surface area contributed by atoms with Gasteiger partial charge >= 0.3 is 0 Å². The van der Waals surface area contributed by atoms with Crippen LogP contribution in [0.15, 0.2) is 0 Å². The highest BCUT2D eigenvalue weighted by molar-refractivity contribution is 4.68. The summed E-state index contributed by atoms with van der Waals surface area (Å²) in [5.74, 6) is 0.998. The molecule has 1 unspecified atom stereocenters. The van der Waals surface area contributed by atoms with E-state index in [1.807, 2.05) is 7.05 Å². The van der Waals surface area contributed by atoms with Crippen LogP contribution in [0.3, 0.4) is 0 Å². The predicted octanol–water partition coefficient (Wildman–Crippen LogP) is 1.72. The molecule has 0 aliphatic carbocycles. The Morgan fingerprint density at radius 1 is 1.31 bits per heavy atom. The van der Waals surface area contributed by atoms with Crippen LogP contribution in [0, 0.1) is 5.92 Å². The Bertz CT molecular complexity index is 125. The highest BCUT2D eigenvalue weighted by Crippen LogP contribution is 2.20. The lowest BCUT2D eigenvalue weighted by atomic mass is 9.95. The number of likely N-dealkylation sites (tertiary alicyclic amines) is 1. The molecule has 1 atom stereocenters. The highest BCUT2D eigenvalue weighted by Gasteiger charge is 2.13. The Morgan fingerprint density at radius 3 is 2.92 bits per heavy atom. The van der Waals surface area contributed by atoms with Crippen molar-refractivity contribution in [2.45, 2.75) is 32.1 Å². The molecule has 0 aromatic carbocycles. The summed E-state index contributed by atoms with van der Waals surface area (Å²) in [5, 5.41) is 3.22. The van der Waals surface area contributed by atoms with Gasteiger partial charge in [-0.2, -0.15) is 0 Å². The van der Waals surface area contributed by atoms with E-state index in [1.54, 1.807) is 0 Å². The van der Waals surface area contributed by atoms with Gasteiger partial charge in [-0.1, -0.05) is 0 Å². The van der Waals surface area contributed by atoms with Crippen molar-refractivity contribution in [2.24, 2.45) is 5.92 Å². The predicted molar refractivity (Wildman–Crippen MR) is 58.0 cm³/mol. The molecule has 2 heteroatoms. The molecule has 0 amide bonds. The van der Waals surface area contributed by atoms with Gasteiger partial charge in [-0.25, -0.2) is 0 Å². The van der Waals surface area contributed by atoms with Gasteiger partial charge in [-0.15, -0.1) is 0 Å². The van der Waals surface area contributed by atoms with Crippen molar-refractivity contribution in [2.75, 3.05) is 33.7 Å². The Morgan fingerprint density at radius 2 is 2.15 bits per heavy atom. The molecule has 78 valence electrons. The second-order valence-corrected chi connectivity index (χ2v) is 4.35. The molecule has 0 aromatic rings. The molecule has 1 fully saturated rings. The van der Waals surface area contributed by atoms with E-state index in [4.69, 9.17) is 0 Å². The summed E-state index contributed by atoms with van der Waals surface area (Å²) in [4.78, 5) is 2.47. The van der Waals surface area contributed by atoms with Crippen molar-refractivity contribution in [1.29, 1.82) is 0 Å². The van der Waals surface area contributed by atoms with Gasteiger partial charge in [0.25, 0.3) is 0 Å². The van der Waals surface area contributed by atoms with Crippen LogP contribution in [0.5, 0.6) is 0 Å². The van der Waals surface area contributed by atoms with Gasteiger partial charge in [0.1, 0.15) is 0 Å². The molecule has 1 N–H and O–H groups in total. The lowest BCUT2D eigenvalue weighted by Gasteiger charge is -2.14. The molecular formula is C11H24N2. The Balaban J connectivity index is 2.11. The smallest absolute Gasteiger partial charge is 0.00191 e. The number of hydrogen-bond acceptors (Lipinski definition) is 2. The molecule has 1 rings (SSSR count). The average molecular weight is 184 g/mol. The van der Waals surface area contributed by atoms with Crippen molar-refractivity contribution < 1.29 is 0 Å². The largest absolute Gasteiger partial charge is 0.320 e. The summed E-state index contributed by atoms with van der Waals surface area (Å²) in [6, 6.07) is 0. The molecular weight excluding hydrogens is 160 g/mol. The second-order valence-electron chi connectivity index (χ2n) is 4.35. The second kappa shape index (κ2) is 6.39. The van der Waals surface area contributed by atoms with Crippen molar-refractivity contribution in [1.82, 2.24) is 10.2 Å². The maximum Gasteiger partial charge on any atom is -0.00191 e. The van der Waals surface area contributed by atoms with E-state index < -0.39 is 0 Å². The van der Waals surface area contributed by atoms with Crippen LogP contribution in [0.2, 0.25) is 0 Å². The Labute approximate surface area is 82.7 Å². The molecule has 0 bridgehead atoms. The van der Waals surface area contributed by atoms with Crippen molar-refractivity contribution in [3.63, 3.8) is 0 Å². The third kappa shape index (κ3) is 4.63. The first-order valence-corrected chi connectivity index (χ1v) is 5.66. The van der Waals surface area contributed by atoms with Gasteiger partial charge in [0.05, 0.1) is 0 Å². The van der Waals surface area contributed by atoms with E-state index in [-0.39, 0.29) is 0 Å². The molecule has 1 aliphatic heterocycles. The van der Waals surface area contributed by atoms with E-state index in [9.17, 15) is 0 Å². The monoisotopic (exact) mass is 184 g/mol. The molecule has 1 saturated heterocycles. The average Bonchev–Trinajstić information content (AvgIpc) is 2.32. The normalized spacial score (nSPS) is 25.8. The van der Waals surface area contributed by atoms with Crippen LogP contribution >= 0.6 is 0 Å². The van der Waals surface area contributed by atoms with Crippen molar-refractivity contribution in [3.8, 4) is 0 Å². The number of hydrogen-bond donors (Lipinski definition) is 1. The van der Waals surface area contributed by atoms with Crippen molar-refractivity contribution >= 4 is 0 Å². The van der Waals surface area contributed by atoms with Crippen molar-refractivity contribution in [3.05, 3.63) is 0 Å². The van der Waals surface area contributed by atoms with Gasteiger partial charge in [0.2, 0.25) is 0 Å². The Kier molecular flexibility index (Phi) is 5.40. The lowest BCUT2D eigenvalue weighted by Crippen LogP contribution is -2.19. The Hall–Kier alpha value is -0.0800. The van der Waals surface area contributed by atoms with E-state index in [0.717, 1.165) is 5.92 Å². The molecule has 1 heterocycles. The zero-order valence-corrected chi connectivity index (χ0v) is 9.18. The van der Waals surface area contributed by atoms with Crippen LogP contribution in [0.4, 0.5) is 0 Å². The number of nitrogens with zero attached hydrogens (tertiary/aromatic N) is 1. The number of nitrogens with one attached hydrogen (secondary N) is 1. The fourth-order valence-corrected chi connectivity index (χ4v) is 2.17. The third-order valence-electron chi connectivity index (χ3n) is 3.11. The van der Waals surface area contributed by atoms with Crippen LogP contribution in [0.1, 0.15) is 32.1 Å². The van der Waals surface area contributed by atoms with Gasteiger partial charge in [0.15, 0.2) is 0 Å². The zero-order chi connectivity index (χ0) is 9.52. The summed E-state index contributed by atoms with van der Waals surface area (Å²) < 4.78 is 0. The number of rotatable bonds is 4. The summed E-state index contributed by atoms with van der Waals surface area (Å²) in [6.45, 7) is 3.80. The molecule has 0 radical (unpaired) electrons. The minimum atomic E-state index is 0.998. The van der Waals surface area contributed by atoms with Crippen LogP contribution in [-0.4, -0.2) is 38.6 Å². The molecule has 13 heavy (non-hydrogen) atoms. The molecule has 0 saturated carbocycles. The van der Waals surface area contributed by atoms with Crippen LogP contribution in [0.25, 0.3) is 0 Å². The molecule has 0 spiro atoms. The first-order valence-electron chi connectivity index (χ1n) is 5.66. The fraction of sp³-hybridized carbons (Fsp3) is 1.00. The van der Waals surface area contributed by atoms with E-state index >= 15 is 0 Å². The minimum absolute atomic E-state index is 0.998. The maximum absolute atomic E-state index is 3.22. The third-order valence-corrected chi connectivity index (χ3v) is 3.11. The summed E-state index contributed by atoms with van der Waals surface area (Å²) in [7, 11) is 4.29. The van der Waals surface area contributed by atoms with Crippen LogP contribution < -0.4 is 5.32 Å². The fourth-order valence-electron chi connectivity index (χ4n) is 2.17. The maximum atomic E-state index is 3.22. The molecule has 1 aliphatic rings. The first-order chi connectivity index (χ1) is 6.33. The minimum Gasteiger partial charge on any atom is -0.320 e.